The zero-order valence-electron chi connectivity index (χ0n) is 17.2. The topological polar surface area (TPSA) is 86.8 Å². The number of nitrogens with zero attached hydrogens (tertiary/aromatic N) is 2. The van der Waals surface area contributed by atoms with Crippen molar-refractivity contribution in [1.82, 2.24) is 9.21 Å². The van der Waals surface area contributed by atoms with Crippen molar-refractivity contribution in [1.29, 1.82) is 0 Å². The molecule has 0 unspecified atom stereocenters. The van der Waals surface area contributed by atoms with E-state index in [4.69, 9.17) is 0 Å². The number of hydrogen-bond donors (Lipinski definition) is 1. The van der Waals surface area contributed by atoms with Gasteiger partial charge in [0.2, 0.25) is 15.9 Å². The van der Waals surface area contributed by atoms with Gasteiger partial charge in [-0.25, -0.2) is 8.42 Å². The van der Waals surface area contributed by atoms with Gasteiger partial charge in [-0.1, -0.05) is 25.1 Å². The molecule has 0 atom stereocenters. The predicted molar refractivity (Wildman–Crippen MR) is 116 cm³/mol. The van der Waals surface area contributed by atoms with E-state index in [1.54, 1.807) is 12.1 Å². The summed E-state index contributed by atoms with van der Waals surface area (Å²) in [5.74, 6) is -0.129. The van der Waals surface area contributed by atoms with Crippen LogP contribution in [0.25, 0.3) is 0 Å². The molecule has 2 amide bonds. The summed E-state index contributed by atoms with van der Waals surface area (Å²) in [6.07, 6.45) is 1.71. The van der Waals surface area contributed by atoms with Crippen LogP contribution in [-0.4, -0.2) is 56.1 Å². The van der Waals surface area contributed by atoms with E-state index >= 15 is 0 Å². The Kier molecular flexibility index (Phi) is 6.89. The lowest BCUT2D eigenvalue weighted by Gasteiger charge is -2.29. The fourth-order valence-corrected chi connectivity index (χ4v) is 4.84. The van der Waals surface area contributed by atoms with Gasteiger partial charge < -0.3 is 10.2 Å². The van der Waals surface area contributed by atoms with Gasteiger partial charge >= 0.3 is 0 Å². The van der Waals surface area contributed by atoms with Gasteiger partial charge in [0.05, 0.1) is 11.4 Å². The predicted octanol–water partition coefficient (Wildman–Crippen LogP) is 2.82. The zero-order valence-corrected chi connectivity index (χ0v) is 18.1. The lowest BCUT2D eigenvalue weighted by Crippen LogP contribution is -2.38. The Labute approximate surface area is 177 Å². The van der Waals surface area contributed by atoms with E-state index in [2.05, 4.69) is 12.2 Å². The molecule has 3 rings (SSSR count). The van der Waals surface area contributed by atoms with Crippen LogP contribution in [0, 0.1) is 5.92 Å². The van der Waals surface area contributed by atoms with Gasteiger partial charge in [0.25, 0.3) is 5.91 Å². The minimum absolute atomic E-state index is 0.111. The van der Waals surface area contributed by atoms with Crippen LogP contribution in [0.2, 0.25) is 0 Å². The normalized spacial score (nSPS) is 15.5. The van der Waals surface area contributed by atoms with Crippen molar-refractivity contribution in [3.05, 3.63) is 60.2 Å². The van der Waals surface area contributed by atoms with Crippen LogP contribution < -0.4 is 5.32 Å². The highest BCUT2D eigenvalue weighted by Crippen LogP contribution is 2.23. The molecule has 1 heterocycles. The first-order valence-corrected chi connectivity index (χ1v) is 11.4. The lowest BCUT2D eigenvalue weighted by atomic mass is 10.0. The third-order valence-corrected chi connectivity index (χ3v) is 7.18. The Morgan fingerprint density at radius 2 is 1.63 bits per heavy atom. The number of piperidine rings is 1. The molecule has 0 bridgehead atoms. The van der Waals surface area contributed by atoms with Crippen LogP contribution in [0.4, 0.5) is 5.69 Å². The summed E-state index contributed by atoms with van der Waals surface area (Å²) in [5.41, 5.74) is 0.987. The summed E-state index contributed by atoms with van der Waals surface area (Å²) < 4.78 is 27.1. The smallest absolute Gasteiger partial charge is 0.254 e. The molecule has 7 nitrogen and oxygen atoms in total. The van der Waals surface area contributed by atoms with Gasteiger partial charge in [-0.05, 0) is 55.2 Å². The number of carbonyl (C=O) groups excluding carboxylic acids is 2. The maximum absolute atomic E-state index is 12.8. The van der Waals surface area contributed by atoms with Gasteiger partial charge in [-0.15, -0.1) is 0 Å². The molecule has 0 aromatic heterocycles. The second kappa shape index (κ2) is 9.40. The molecule has 0 spiro atoms. The highest BCUT2D eigenvalue weighted by atomic mass is 32.2. The van der Waals surface area contributed by atoms with Crippen molar-refractivity contribution in [2.24, 2.45) is 5.92 Å². The van der Waals surface area contributed by atoms with E-state index in [9.17, 15) is 18.0 Å². The number of likely N-dealkylation sites (N-methyl/N-ethyl adjacent to an activating group) is 1. The highest BCUT2D eigenvalue weighted by molar-refractivity contribution is 7.89. The number of carbonyl (C=O) groups is 2. The summed E-state index contributed by atoms with van der Waals surface area (Å²) in [5, 5.41) is 2.73. The number of sulfonamides is 1. The summed E-state index contributed by atoms with van der Waals surface area (Å²) in [4.78, 5) is 26.2. The second-order valence-corrected chi connectivity index (χ2v) is 9.62. The molecule has 0 aliphatic carbocycles. The van der Waals surface area contributed by atoms with Crippen LogP contribution in [-0.2, 0) is 14.8 Å². The lowest BCUT2D eigenvalue weighted by molar-refractivity contribution is -0.116. The highest BCUT2D eigenvalue weighted by Gasteiger charge is 2.28. The number of benzene rings is 2. The fraction of sp³-hybridized carbons (Fsp3) is 0.364. The molecular formula is C22H27N3O4S. The van der Waals surface area contributed by atoms with Crippen molar-refractivity contribution >= 4 is 27.5 Å². The molecule has 1 fully saturated rings. The average Bonchev–Trinajstić information content (AvgIpc) is 2.74. The largest absolute Gasteiger partial charge is 0.332 e. The third-order valence-electron chi connectivity index (χ3n) is 5.27. The third kappa shape index (κ3) is 5.25. The van der Waals surface area contributed by atoms with Crippen molar-refractivity contribution < 1.29 is 18.0 Å². The number of amides is 2. The molecule has 0 radical (unpaired) electrons. The number of anilines is 1. The summed E-state index contributed by atoms with van der Waals surface area (Å²) in [7, 11) is -2.02. The Morgan fingerprint density at radius 1 is 1.03 bits per heavy atom. The van der Waals surface area contributed by atoms with Crippen molar-refractivity contribution in [2.75, 3.05) is 32.0 Å². The summed E-state index contributed by atoms with van der Waals surface area (Å²) in [6, 6.07) is 14.9. The fourth-order valence-electron chi connectivity index (χ4n) is 3.37. The van der Waals surface area contributed by atoms with E-state index in [0.29, 0.717) is 30.3 Å². The van der Waals surface area contributed by atoms with Crippen molar-refractivity contribution in [3.63, 3.8) is 0 Å². The van der Waals surface area contributed by atoms with E-state index < -0.39 is 10.0 Å². The molecule has 2 aromatic rings. The summed E-state index contributed by atoms with van der Waals surface area (Å²) in [6.45, 7) is 3.05. The monoisotopic (exact) mass is 429 g/mol. The van der Waals surface area contributed by atoms with E-state index in [0.717, 1.165) is 12.8 Å². The Bertz CT molecular complexity index is 983. The first-order chi connectivity index (χ1) is 14.3. The van der Waals surface area contributed by atoms with Gasteiger partial charge in [0, 0.05) is 31.4 Å². The van der Waals surface area contributed by atoms with Gasteiger partial charge in [-0.3, -0.25) is 9.59 Å². The summed E-state index contributed by atoms with van der Waals surface area (Å²) >= 11 is 0. The molecule has 160 valence electrons. The van der Waals surface area contributed by atoms with Gasteiger partial charge in [0.15, 0.2) is 0 Å². The molecule has 1 N–H and O–H groups in total. The molecule has 2 aromatic carbocycles. The molecule has 30 heavy (non-hydrogen) atoms. The van der Waals surface area contributed by atoms with Crippen LogP contribution in [0.15, 0.2) is 59.5 Å². The van der Waals surface area contributed by atoms with Crippen LogP contribution in [0.5, 0.6) is 0 Å². The molecule has 1 aliphatic heterocycles. The van der Waals surface area contributed by atoms with Crippen LogP contribution in [0.3, 0.4) is 0 Å². The van der Waals surface area contributed by atoms with E-state index in [1.165, 1.54) is 40.5 Å². The number of para-hydroxylation sites is 1. The standard InChI is InChI=1S/C22H27N3O4S/c1-17-12-14-25(15-13-17)30(28,29)20-10-8-18(9-11-20)22(27)24(2)16-21(26)23-19-6-4-3-5-7-19/h3-11,17H,12-16H2,1-2H3,(H,23,26). The minimum atomic E-state index is -3.56. The number of nitrogens with one attached hydrogen (secondary N) is 1. The molecule has 0 saturated carbocycles. The van der Waals surface area contributed by atoms with Gasteiger partial charge in [0.1, 0.15) is 0 Å². The first kappa shape index (κ1) is 22.0. The molecule has 1 aliphatic rings. The van der Waals surface area contributed by atoms with Gasteiger partial charge in [-0.2, -0.15) is 4.31 Å². The average molecular weight is 430 g/mol. The van der Waals surface area contributed by atoms with Crippen LogP contribution >= 0.6 is 0 Å². The maximum Gasteiger partial charge on any atom is 0.254 e. The number of hydrogen-bond acceptors (Lipinski definition) is 4. The first-order valence-electron chi connectivity index (χ1n) is 9.98. The van der Waals surface area contributed by atoms with Crippen molar-refractivity contribution in [2.45, 2.75) is 24.7 Å². The quantitative estimate of drug-likeness (QED) is 0.765. The van der Waals surface area contributed by atoms with Crippen molar-refractivity contribution in [3.8, 4) is 0 Å². The molecule has 8 heteroatoms. The van der Waals surface area contributed by atoms with E-state index in [-0.39, 0.29) is 23.3 Å². The van der Waals surface area contributed by atoms with Crippen LogP contribution in [0.1, 0.15) is 30.1 Å². The zero-order chi connectivity index (χ0) is 21.7. The molecular weight excluding hydrogens is 402 g/mol. The molecule has 1 saturated heterocycles. The minimum Gasteiger partial charge on any atom is -0.332 e. The maximum atomic E-state index is 12.8. The Hall–Kier alpha value is -2.71. The SMILES string of the molecule is CC1CCN(S(=O)(=O)c2ccc(C(=O)N(C)CC(=O)Nc3ccccc3)cc2)CC1. The second-order valence-electron chi connectivity index (χ2n) is 7.69. The number of rotatable bonds is 6. The Morgan fingerprint density at radius 3 is 2.23 bits per heavy atom. The Balaban J connectivity index is 1.62. The van der Waals surface area contributed by atoms with E-state index in [1.807, 2.05) is 18.2 Å².